The number of aromatic hydroxyl groups is 1. The van der Waals surface area contributed by atoms with Crippen molar-refractivity contribution in [1.29, 1.82) is 0 Å². The number of aromatic nitrogens is 2. The molecule has 0 fully saturated rings. The van der Waals surface area contributed by atoms with Gasteiger partial charge < -0.3 is 9.84 Å². The summed E-state index contributed by atoms with van der Waals surface area (Å²) in [5, 5.41) is 11.2. The minimum atomic E-state index is -0.826. The molecule has 0 amide bonds. The topological polar surface area (TPSA) is 114 Å². The van der Waals surface area contributed by atoms with Crippen LogP contribution in [0.3, 0.4) is 0 Å². The lowest BCUT2D eigenvalue weighted by molar-refractivity contribution is 0.0505. The summed E-state index contributed by atoms with van der Waals surface area (Å²) in [6, 6.07) is 10.5. The van der Waals surface area contributed by atoms with Crippen molar-refractivity contribution in [2.45, 2.75) is 13.3 Å². The molecule has 0 aliphatic rings. The monoisotopic (exact) mass is 461 g/mol. The molecule has 1 heterocycles. The molecule has 0 spiro atoms. The number of halogens is 2. The third kappa shape index (κ3) is 5.04. The van der Waals surface area contributed by atoms with E-state index >= 15 is 0 Å². The highest BCUT2D eigenvalue weighted by molar-refractivity contribution is 6.33. The number of aromatic amines is 1. The number of ether oxygens (including phenoxy) is 1. The third-order valence-corrected chi connectivity index (χ3v) is 4.74. The van der Waals surface area contributed by atoms with E-state index in [9.17, 15) is 19.5 Å². The SMILES string of the molecule is CCCOC(=O)c1cc(N=Cc2c(O)n(-c3ccc(Cl)cc3)c(=O)[nH]c2=O)ccc1Cl. The Hall–Kier alpha value is -3.36. The Morgan fingerprint density at radius 3 is 2.58 bits per heavy atom. The van der Waals surface area contributed by atoms with Crippen molar-refractivity contribution in [2.75, 3.05) is 6.61 Å². The number of carbonyl (C=O) groups excluding carboxylic acids is 1. The van der Waals surface area contributed by atoms with E-state index in [0.29, 0.717) is 17.1 Å². The quantitative estimate of drug-likeness (QED) is 0.427. The maximum atomic E-state index is 12.2. The fourth-order valence-electron chi connectivity index (χ4n) is 2.65. The van der Waals surface area contributed by atoms with Crippen LogP contribution < -0.4 is 11.2 Å². The summed E-state index contributed by atoms with van der Waals surface area (Å²) in [6.07, 6.45) is 1.75. The molecule has 3 rings (SSSR count). The van der Waals surface area contributed by atoms with Crippen LogP contribution in [0.2, 0.25) is 10.0 Å². The number of benzene rings is 2. The van der Waals surface area contributed by atoms with Crippen LogP contribution in [0.5, 0.6) is 5.88 Å². The Balaban J connectivity index is 2.00. The number of carbonyl (C=O) groups is 1. The molecule has 2 aromatic carbocycles. The van der Waals surface area contributed by atoms with E-state index in [4.69, 9.17) is 27.9 Å². The number of rotatable bonds is 6. The van der Waals surface area contributed by atoms with Crippen molar-refractivity contribution in [1.82, 2.24) is 9.55 Å². The second-order valence-corrected chi connectivity index (χ2v) is 7.21. The van der Waals surface area contributed by atoms with Crippen molar-refractivity contribution in [3.8, 4) is 11.6 Å². The van der Waals surface area contributed by atoms with Crippen LogP contribution >= 0.6 is 23.2 Å². The number of H-pyrrole nitrogens is 1. The van der Waals surface area contributed by atoms with Crippen LogP contribution in [0.25, 0.3) is 5.69 Å². The Morgan fingerprint density at radius 1 is 1.19 bits per heavy atom. The van der Waals surface area contributed by atoms with Crippen LogP contribution in [0.4, 0.5) is 5.69 Å². The van der Waals surface area contributed by atoms with E-state index in [1.54, 1.807) is 0 Å². The summed E-state index contributed by atoms with van der Waals surface area (Å²) in [5.41, 5.74) is -1.20. The number of nitrogens with one attached hydrogen (secondary N) is 1. The lowest BCUT2D eigenvalue weighted by atomic mass is 10.2. The van der Waals surface area contributed by atoms with Crippen LogP contribution in [0.1, 0.15) is 29.3 Å². The van der Waals surface area contributed by atoms with Crippen LogP contribution in [-0.2, 0) is 4.74 Å². The van der Waals surface area contributed by atoms with E-state index in [1.807, 2.05) is 6.92 Å². The van der Waals surface area contributed by atoms with Gasteiger partial charge in [0.15, 0.2) is 0 Å². The molecule has 0 aliphatic heterocycles. The Morgan fingerprint density at radius 2 is 1.90 bits per heavy atom. The highest BCUT2D eigenvalue weighted by Crippen LogP contribution is 2.24. The van der Waals surface area contributed by atoms with E-state index in [0.717, 1.165) is 10.8 Å². The van der Waals surface area contributed by atoms with Crippen molar-refractivity contribution in [3.05, 3.63) is 84.5 Å². The molecule has 0 saturated heterocycles. The number of aliphatic imine (C=N–C) groups is 1. The maximum Gasteiger partial charge on any atom is 0.339 e. The first kappa shape index (κ1) is 22.3. The fraction of sp³-hybridized carbons (Fsp3) is 0.143. The molecule has 0 bridgehead atoms. The first-order valence-electron chi connectivity index (χ1n) is 9.16. The second-order valence-electron chi connectivity index (χ2n) is 6.37. The maximum absolute atomic E-state index is 12.2. The second kappa shape index (κ2) is 9.63. The highest BCUT2D eigenvalue weighted by Gasteiger charge is 2.15. The zero-order valence-electron chi connectivity index (χ0n) is 16.3. The summed E-state index contributed by atoms with van der Waals surface area (Å²) in [4.78, 5) is 42.8. The van der Waals surface area contributed by atoms with Gasteiger partial charge in [-0.3, -0.25) is 14.8 Å². The van der Waals surface area contributed by atoms with Crippen molar-refractivity contribution in [2.24, 2.45) is 4.99 Å². The minimum Gasteiger partial charge on any atom is -0.493 e. The normalized spacial score (nSPS) is 11.1. The average Bonchev–Trinajstić information content (AvgIpc) is 2.74. The van der Waals surface area contributed by atoms with Gasteiger partial charge in [0.1, 0.15) is 5.56 Å². The molecular formula is C21H17Cl2N3O5. The van der Waals surface area contributed by atoms with Gasteiger partial charge in [-0.1, -0.05) is 30.1 Å². The predicted molar refractivity (Wildman–Crippen MR) is 119 cm³/mol. The summed E-state index contributed by atoms with van der Waals surface area (Å²) >= 11 is 11.9. The number of hydrogen-bond donors (Lipinski definition) is 2. The number of nitrogens with zero attached hydrogens (tertiary/aromatic N) is 2. The molecule has 10 heteroatoms. The smallest absolute Gasteiger partial charge is 0.339 e. The molecule has 31 heavy (non-hydrogen) atoms. The van der Waals surface area contributed by atoms with Gasteiger partial charge in [0.05, 0.1) is 28.6 Å². The van der Waals surface area contributed by atoms with E-state index in [-0.39, 0.29) is 28.4 Å². The largest absolute Gasteiger partial charge is 0.493 e. The molecule has 160 valence electrons. The number of esters is 1. The third-order valence-electron chi connectivity index (χ3n) is 4.16. The van der Waals surface area contributed by atoms with Crippen molar-refractivity contribution in [3.63, 3.8) is 0 Å². The average molecular weight is 462 g/mol. The van der Waals surface area contributed by atoms with E-state index in [1.165, 1.54) is 42.5 Å². The van der Waals surface area contributed by atoms with Crippen LogP contribution in [0.15, 0.2) is 57.0 Å². The molecule has 0 aliphatic carbocycles. The lowest BCUT2D eigenvalue weighted by Crippen LogP contribution is -2.31. The minimum absolute atomic E-state index is 0.119. The molecular weight excluding hydrogens is 445 g/mol. The summed E-state index contributed by atoms with van der Waals surface area (Å²) in [7, 11) is 0. The Labute approximate surface area is 186 Å². The molecule has 1 aromatic heterocycles. The molecule has 3 aromatic rings. The van der Waals surface area contributed by atoms with Gasteiger partial charge in [-0.05, 0) is 48.9 Å². The summed E-state index contributed by atoms with van der Waals surface area (Å²) in [5.74, 6) is -1.20. The van der Waals surface area contributed by atoms with Gasteiger partial charge in [0, 0.05) is 11.2 Å². The molecule has 0 unspecified atom stereocenters. The predicted octanol–water partition coefficient (Wildman–Crippen LogP) is 3.86. The zero-order valence-corrected chi connectivity index (χ0v) is 17.8. The Bertz CT molecular complexity index is 1260. The fourth-order valence-corrected chi connectivity index (χ4v) is 2.97. The van der Waals surface area contributed by atoms with Gasteiger partial charge in [0.25, 0.3) is 5.56 Å². The molecule has 0 atom stereocenters. The molecule has 0 saturated carbocycles. The molecule has 0 radical (unpaired) electrons. The van der Waals surface area contributed by atoms with Crippen LogP contribution in [0, 0.1) is 0 Å². The van der Waals surface area contributed by atoms with Gasteiger partial charge in [-0.25, -0.2) is 14.2 Å². The molecule has 2 N–H and O–H groups in total. The summed E-state index contributed by atoms with van der Waals surface area (Å²) in [6.45, 7) is 2.11. The number of hydrogen-bond acceptors (Lipinski definition) is 6. The van der Waals surface area contributed by atoms with Gasteiger partial charge in [-0.2, -0.15) is 0 Å². The van der Waals surface area contributed by atoms with Gasteiger partial charge in [-0.15, -0.1) is 0 Å². The van der Waals surface area contributed by atoms with E-state index < -0.39 is 23.1 Å². The summed E-state index contributed by atoms with van der Waals surface area (Å²) < 4.78 is 5.99. The van der Waals surface area contributed by atoms with Gasteiger partial charge >= 0.3 is 11.7 Å². The van der Waals surface area contributed by atoms with Crippen molar-refractivity contribution < 1.29 is 14.6 Å². The highest BCUT2D eigenvalue weighted by atomic mass is 35.5. The standard InChI is InChI=1S/C21H17Cl2N3O5/c1-2-9-31-20(29)15-10-13(5-8-17(15)23)24-11-16-18(27)25-21(30)26(19(16)28)14-6-3-12(22)4-7-14/h3-8,10-11,28H,2,9H2,1H3,(H,25,27,30). The Kier molecular flexibility index (Phi) is 6.94. The van der Waals surface area contributed by atoms with Crippen LogP contribution in [-0.4, -0.2) is 33.4 Å². The first-order valence-corrected chi connectivity index (χ1v) is 9.92. The zero-order chi connectivity index (χ0) is 22.5. The van der Waals surface area contributed by atoms with Crippen molar-refractivity contribution >= 4 is 41.1 Å². The molecule has 8 nitrogen and oxygen atoms in total. The lowest BCUT2D eigenvalue weighted by Gasteiger charge is -2.09. The first-order chi connectivity index (χ1) is 14.8. The van der Waals surface area contributed by atoms with E-state index in [2.05, 4.69) is 9.98 Å². The van der Waals surface area contributed by atoms with Gasteiger partial charge in [0.2, 0.25) is 5.88 Å².